The Kier molecular flexibility index (Phi) is 6.69. The molecule has 0 spiro atoms. The minimum Gasteiger partial charge on any atom is -0.480 e. The molecule has 7 nitrogen and oxygen atoms in total. The maximum absolute atomic E-state index is 11.8. The number of ether oxygens (including phenoxy) is 1. The Hall–Kier alpha value is -1.55. The summed E-state index contributed by atoms with van der Waals surface area (Å²) in [6.07, 6.45) is -4.37. The molecule has 2 amide bonds. The number of alkyl halides is 3. The standard InChI is InChI=1S/C11H18F3N3O4/c12-11(13,14)8-21-6-1-15-10(20)17-4-2-16(3-5-17)7-9(18)19/h1-8H2,(H,15,20)(H,18,19). The largest absolute Gasteiger partial charge is 0.480 e. The second-order valence-electron chi connectivity index (χ2n) is 4.56. The number of piperazine rings is 1. The van der Waals surface area contributed by atoms with Gasteiger partial charge in [-0.15, -0.1) is 0 Å². The van der Waals surface area contributed by atoms with Crippen LogP contribution in [-0.2, 0) is 9.53 Å². The topological polar surface area (TPSA) is 82.1 Å². The van der Waals surface area contributed by atoms with E-state index >= 15 is 0 Å². The van der Waals surface area contributed by atoms with Gasteiger partial charge < -0.3 is 20.1 Å². The number of carbonyl (C=O) groups excluding carboxylic acids is 1. The summed E-state index contributed by atoms with van der Waals surface area (Å²) in [4.78, 5) is 25.4. The van der Waals surface area contributed by atoms with Crippen molar-refractivity contribution in [2.45, 2.75) is 6.18 Å². The monoisotopic (exact) mass is 313 g/mol. The second kappa shape index (κ2) is 8.03. The number of nitrogens with zero attached hydrogens (tertiary/aromatic N) is 2. The SMILES string of the molecule is O=C(O)CN1CCN(C(=O)NCCOCC(F)(F)F)CC1. The van der Waals surface area contributed by atoms with Gasteiger partial charge in [0.15, 0.2) is 0 Å². The van der Waals surface area contributed by atoms with E-state index in [1.54, 1.807) is 4.90 Å². The number of carbonyl (C=O) groups is 2. The van der Waals surface area contributed by atoms with Crippen LogP contribution in [0.2, 0.25) is 0 Å². The lowest BCUT2D eigenvalue weighted by molar-refractivity contribution is -0.173. The molecule has 2 N–H and O–H groups in total. The summed E-state index contributed by atoms with van der Waals surface area (Å²) in [7, 11) is 0. The molecule has 1 aliphatic heterocycles. The molecule has 0 aromatic heterocycles. The minimum absolute atomic E-state index is 0.00967. The fraction of sp³-hybridized carbons (Fsp3) is 0.818. The highest BCUT2D eigenvalue weighted by Gasteiger charge is 2.27. The van der Waals surface area contributed by atoms with Gasteiger partial charge in [-0.1, -0.05) is 0 Å². The Balaban J connectivity index is 2.12. The normalized spacial score (nSPS) is 16.8. The van der Waals surface area contributed by atoms with Gasteiger partial charge >= 0.3 is 18.2 Å². The lowest BCUT2D eigenvalue weighted by Crippen LogP contribution is -2.52. The van der Waals surface area contributed by atoms with E-state index in [9.17, 15) is 22.8 Å². The molecule has 1 rings (SSSR count). The van der Waals surface area contributed by atoms with E-state index in [2.05, 4.69) is 10.1 Å². The van der Waals surface area contributed by atoms with E-state index in [-0.39, 0.29) is 25.7 Å². The molecule has 0 unspecified atom stereocenters. The molecule has 21 heavy (non-hydrogen) atoms. The number of nitrogens with one attached hydrogen (secondary N) is 1. The Morgan fingerprint density at radius 3 is 2.33 bits per heavy atom. The summed E-state index contributed by atoms with van der Waals surface area (Å²) < 4.78 is 39.7. The quantitative estimate of drug-likeness (QED) is 0.673. The number of halogens is 3. The molecule has 10 heteroatoms. The van der Waals surface area contributed by atoms with Gasteiger partial charge in [-0.2, -0.15) is 13.2 Å². The molecule has 0 saturated carbocycles. The van der Waals surface area contributed by atoms with Gasteiger partial charge in [-0.05, 0) is 0 Å². The number of hydrogen-bond acceptors (Lipinski definition) is 4. The van der Waals surface area contributed by atoms with Gasteiger partial charge in [0, 0.05) is 32.7 Å². The molecular weight excluding hydrogens is 295 g/mol. The minimum atomic E-state index is -4.37. The molecule has 1 fully saturated rings. The predicted molar refractivity (Wildman–Crippen MR) is 65.9 cm³/mol. The zero-order valence-corrected chi connectivity index (χ0v) is 11.4. The van der Waals surface area contributed by atoms with Crippen LogP contribution in [0.1, 0.15) is 0 Å². The molecule has 0 atom stereocenters. The first-order valence-corrected chi connectivity index (χ1v) is 6.39. The van der Waals surface area contributed by atoms with Crippen molar-refractivity contribution in [3.63, 3.8) is 0 Å². The van der Waals surface area contributed by atoms with Crippen molar-refractivity contribution >= 4 is 12.0 Å². The summed E-state index contributed by atoms with van der Waals surface area (Å²) in [5, 5.41) is 11.1. The third kappa shape index (κ3) is 7.71. The Bertz CT molecular complexity index is 357. The van der Waals surface area contributed by atoms with Gasteiger partial charge in [0.2, 0.25) is 0 Å². The van der Waals surface area contributed by atoms with Crippen LogP contribution in [0.15, 0.2) is 0 Å². The van der Waals surface area contributed by atoms with Crippen LogP contribution in [0.5, 0.6) is 0 Å². The molecule has 0 aromatic rings. The number of urea groups is 1. The molecule has 1 aliphatic rings. The van der Waals surface area contributed by atoms with Crippen molar-refractivity contribution in [2.75, 3.05) is 52.5 Å². The van der Waals surface area contributed by atoms with E-state index in [0.29, 0.717) is 26.2 Å². The summed E-state index contributed by atoms with van der Waals surface area (Å²) in [5.41, 5.74) is 0. The van der Waals surface area contributed by atoms with Crippen LogP contribution in [0.3, 0.4) is 0 Å². The van der Waals surface area contributed by atoms with Crippen LogP contribution >= 0.6 is 0 Å². The summed E-state index contributed by atoms with van der Waals surface area (Å²) in [6.45, 7) is 0.0194. The first-order chi connectivity index (χ1) is 9.78. The summed E-state index contributed by atoms with van der Waals surface area (Å²) in [5.74, 6) is -0.922. The number of rotatable bonds is 6. The number of carboxylic acids is 1. The molecular formula is C11H18F3N3O4. The zero-order chi connectivity index (χ0) is 15.9. The average molecular weight is 313 g/mol. The highest BCUT2D eigenvalue weighted by Crippen LogP contribution is 2.13. The van der Waals surface area contributed by atoms with Crippen molar-refractivity contribution in [2.24, 2.45) is 0 Å². The fourth-order valence-corrected chi connectivity index (χ4v) is 1.83. The smallest absolute Gasteiger partial charge is 0.411 e. The number of carboxylic acid groups (broad SMARTS) is 1. The third-order valence-corrected chi connectivity index (χ3v) is 2.81. The Labute approximate surface area is 119 Å². The van der Waals surface area contributed by atoms with Gasteiger partial charge in [0.1, 0.15) is 6.61 Å². The van der Waals surface area contributed by atoms with E-state index in [1.807, 2.05) is 0 Å². The second-order valence-corrected chi connectivity index (χ2v) is 4.56. The van der Waals surface area contributed by atoms with Crippen molar-refractivity contribution in [1.29, 1.82) is 0 Å². The van der Waals surface area contributed by atoms with Gasteiger partial charge in [-0.25, -0.2) is 4.79 Å². The predicted octanol–water partition coefficient (Wildman–Crippen LogP) is -0.0229. The third-order valence-electron chi connectivity index (χ3n) is 2.81. The molecule has 1 saturated heterocycles. The molecule has 122 valence electrons. The zero-order valence-electron chi connectivity index (χ0n) is 11.4. The molecule has 0 aromatic carbocycles. The lowest BCUT2D eigenvalue weighted by Gasteiger charge is -2.33. The Morgan fingerprint density at radius 2 is 1.81 bits per heavy atom. The molecule has 0 aliphatic carbocycles. The summed E-state index contributed by atoms with van der Waals surface area (Å²) >= 11 is 0. The van der Waals surface area contributed by atoms with Crippen molar-refractivity contribution in [3.8, 4) is 0 Å². The van der Waals surface area contributed by atoms with Gasteiger partial charge in [-0.3, -0.25) is 9.69 Å². The fourth-order valence-electron chi connectivity index (χ4n) is 1.83. The molecule has 0 bridgehead atoms. The van der Waals surface area contributed by atoms with Crippen LogP contribution in [0, 0.1) is 0 Å². The summed E-state index contributed by atoms with van der Waals surface area (Å²) in [6, 6.07) is -0.388. The molecule has 1 heterocycles. The van der Waals surface area contributed by atoms with Crippen LogP contribution in [-0.4, -0.2) is 85.6 Å². The lowest BCUT2D eigenvalue weighted by atomic mass is 10.3. The first-order valence-electron chi connectivity index (χ1n) is 6.39. The van der Waals surface area contributed by atoms with Crippen LogP contribution in [0.25, 0.3) is 0 Å². The van der Waals surface area contributed by atoms with E-state index in [4.69, 9.17) is 5.11 Å². The number of aliphatic carboxylic acids is 1. The van der Waals surface area contributed by atoms with Crippen LogP contribution in [0.4, 0.5) is 18.0 Å². The maximum Gasteiger partial charge on any atom is 0.411 e. The van der Waals surface area contributed by atoms with Crippen LogP contribution < -0.4 is 5.32 Å². The average Bonchev–Trinajstić information content (AvgIpc) is 2.37. The van der Waals surface area contributed by atoms with E-state index in [1.165, 1.54) is 4.90 Å². The van der Waals surface area contributed by atoms with E-state index in [0.717, 1.165) is 0 Å². The van der Waals surface area contributed by atoms with Crippen molar-refractivity contribution in [3.05, 3.63) is 0 Å². The van der Waals surface area contributed by atoms with Crippen molar-refractivity contribution in [1.82, 2.24) is 15.1 Å². The van der Waals surface area contributed by atoms with E-state index < -0.39 is 18.8 Å². The van der Waals surface area contributed by atoms with Gasteiger partial charge in [0.25, 0.3) is 0 Å². The highest BCUT2D eigenvalue weighted by molar-refractivity contribution is 5.74. The van der Waals surface area contributed by atoms with Gasteiger partial charge in [0.05, 0.1) is 13.2 Å². The highest BCUT2D eigenvalue weighted by atomic mass is 19.4. The van der Waals surface area contributed by atoms with Crippen molar-refractivity contribution < 1.29 is 32.6 Å². The Morgan fingerprint density at radius 1 is 1.19 bits per heavy atom. The molecule has 0 radical (unpaired) electrons. The first kappa shape index (κ1) is 17.5. The number of hydrogen-bond donors (Lipinski definition) is 2. The number of amides is 2. The maximum atomic E-state index is 11.8.